The number of phenols is 2. The van der Waals surface area contributed by atoms with Gasteiger partial charge in [-0.05, 0) is 42.2 Å². The molecule has 0 atom stereocenters. The highest BCUT2D eigenvalue weighted by atomic mass is 32.2. The summed E-state index contributed by atoms with van der Waals surface area (Å²) in [5.41, 5.74) is 1.72. The summed E-state index contributed by atoms with van der Waals surface area (Å²) in [7, 11) is -3.88. The summed E-state index contributed by atoms with van der Waals surface area (Å²) >= 11 is 0. The van der Waals surface area contributed by atoms with Crippen molar-refractivity contribution in [2.45, 2.75) is 36.5 Å². The Bertz CT molecular complexity index is 764. The van der Waals surface area contributed by atoms with E-state index in [1.165, 1.54) is 18.2 Å². The number of aryl methyl sites for hydroxylation is 1. The number of phenolic OH excluding ortho intramolecular Hbond substituents is 2. The minimum absolute atomic E-state index is 0.185. The summed E-state index contributed by atoms with van der Waals surface area (Å²) in [6, 6.07) is 8.64. The van der Waals surface area contributed by atoms with Gasteiger partial charge in [0, 0.05) is 6.07 Å². The van der Waals surface area contributed by atoms with Gasteiger partial charge in [-0.1, -0.05) is 26.0 Å². The van der Waals surface area contributed by atoms with Gasteiger partial charge in [0.2, 0.25) is 9.84 Å². The molecule has 0 unspecified atom stereocenters. The molecule has 5 heteroatoms. The van der Waals surface area contributed by atoms with Gasteiger partial charge in [0.15, 0.2) is 0 Å². The second kappa shape index (κ2) is 5.77. The van der Waals surface area contributed by atoms with Crippen LogP contribution in [0.1, 0.15) is 25.0 Å². The largest absolute Gasteiger partial charge is 0.508 e. The zero-order valence-corrected chi connectivity index (χ0v) is 12.8. The van der Waals surface area contributed by atoms with E-state index < -0.39 is 9.84 Å². The zero-order valence-electron chi connectivity index (χ0n) is 12.0. The average Bonchev–Trinajstić information content (AvgIpc) is 2.48. The van der Waals surface area contributed by atoms with Crippen LogP contribution in [-0.4, -0.2) is 18.6 Å². The lowest BCUT2D eigenvalue weighted by atomic mass is 10.0. The monoisotopic (exact) mass is 306 g/mol. The molecule has 0 spiro atoms. The van der Waals surface area contributed by atoms with Crippen LogP contribution in [0, 0.1) is 0 Å². The topological polar surface area (TPSA) is 74.6 Å². The van der Waals surface area contributed by atoms with Gasteiger partial charge < -0.3 is 10.2 Å². The van der Waals surface area contributed by atoms with Crippen molar-refractivity contribution in [1.82, 2.24) is 0 Å². The first-order valence-electron chi connectivity index (χ1n) is 6.79. The Labute approximate surface area is 124 Å². The summed E-state index contributed by atoms with van der Waals surface area (Å²) in [5.74, 6) is -0.562. The normalized spacial score (nSPS) is 11.5. The molecule has 0 saturated heterocycles. The highest BCUT2D eigenvalue weighted by Gasteiger charge is 2.25. The van der Waals surface area contributed by atoms with Crippen molar-refractivity contribution < 1.29 is 18.6 Å². The third kappa shape index (κ3) is 2.74. The van der Waals surface area contributed by atoms with Gasteiger partial charge in [-0.2, -0.15) is 0 Å². The quantitative estimate of drug-likeness (QED) is 0.851. The third-order valence-electron chi connectivity index (χ3n) is 3.49. The molecule has 21 heavy (non-hydrogen) atoms. The van der Waals surface area contributed by atoms with Crippen molar-refractivity contribution in [2.24, 2.45) is 0 Å². The van der Waals surface area contributed by atoms with Crippen LogP contribution in [0.2, 0.25) is 0 Å². The summed E-state index contributed by atoms with van der Waals surface area (Å²) in [6.07, 6.45) is 1.32. The lowest BCUT2D eigenvalue weighted by Gasteiger charge is -2.14. The van der Waals surface area contributed by atoms with E-state index in [1.807, 2.05) is 19.9 Å². The van der Waals surface area contributed by atoms with Crippen molar-refractivity contribution in [1.29, 1.82) is 0 Å². The molecule has 0 amide bonds. The average molecular weight is 306 g/mol. The lowest BCUT2D eigenvalue weighted by molar-refractivity contribution is 0.445. The first-order chi connectivity index (χ1) is 9.91. The molecule has 2 N–H and O–H groups in total. The highest BCUT2D eigenvalue weighted by Crippen LogP contribution is 2.34. The maximum Gasteiger partial charge on any atom is 0.210 e. The SMILES string of the molecule is CCc1cccc(S(=O)(=O)c2cc(O)ccc2O)c1CC. The summed E-state index contributed by atoms with van der Waals surface area (Å²) in [4.78, 5) is -0.0873. The minimum Gasteiger partial charge on any atom is -0.508 e. The highest BCUT2D eigenvalue weighted by molar-refractivity contribution is 7.91. The number of hydrogen-bond acceptors (Lipinski definition) is 4. The maximum absolute atomic E-state index is 12.8. The Morgan fingerprint density at radius 1 is 0.952 bits per heavy atom. The van der Waals surface area contributed by atoms with Crippen LogP contribution in [0.3, 0.4) is 0 Å². The smallest absolute Gasteiger partial charge is 0.210 e. The number of benzene rings is 2. The molecule has 0 heterocycles. The van der Waals surface area contributed by atoms with Crippen molar-refractivity contribution in [2.75, 3.05) is 0 Å². The molecule has 0 aromatic heterocycles. The number of aromatic hydroxyl groups is 2. The van der Waals surface area contributed by atoms with Gasteiger partial charge in [0.1, 0.15) is 16.4 Å². The fourth-order valence-corrected chi connectivity index (χ4v) is 4.15. The number of sulfone groups is 1. The van der Waals surface area contributed by atoms with Crippen molar-refractivity contribution >= 4 is 9.84 Å². The summed E-state index contributed by atoms with van der Waals surface area (Å²) < 4.78 is 25.6. The lowest BCUT2D eigenvalue weighted by Crippen LogP contribution is -2.08. The Kier molecular flexibility index (Phi) is 4.23. The fraction of sp³-hybridized carbons (Fsp3) is 0.250. The van der Waals surface area contributed by atoms with Crippen LogP contribution in [0.4, 0.5) is 0 Å². The van der Waals surface area contributed by atoms with Gasteiger partial charge in [-0.15, -0.1) is 0 Å². The fourth-order valence-electron chi connectivity index (χ4n) is 2.43. The molecule has 0 aliphatic carbocycles. The Balaban J connectivity index is 2.73. The molecule has 0 saturated carbocycles. The molecule has 0 aliphatic rings. The Morgan fingerprint density at radius 3 is 2.29 bits per heavy atom. The molecule has 2 aromatic rings. The molecular weight excluding hydrogens is 288 g/mol. The van der Waals surface area contributed by atoms with E-state index in [0.717, 1.165) is 23.6 Å². The molecule has 4 nitrogen and oxygen atoms in total. The first kappa shape index (κ1) is 15.4. The van der Waals surface area contributed by atoms with Gasteiger partial charge in [0.25, 0.3) is 0 Å². The molecular formula is C16H18O4S. The van der Waals surface area contributed by atoms with Crippen LogP contribution in [-0.2, 0) is 22.7 Å². The van der Waals surface area contributed by atoms with Gasteiger partial charge in [-0.3, -0.25) is 0 Å². The molecule has 0 bridgehead atoms. The van der Waals surface area contributed by atoms with E-state index in [4.69, 9.17) is 0 Å². The number of rotatable bonds is 4. The molecule has 0 fully saturated rings. The van der Waals surface area contributed by atoms with E-state index >= 15 is 0 Å². The molecule has 112 valence electrons. The van der Waals surface area contributed by atoms with Crippen molar-refractivity contribution in [3.63, 3.8) is 0 Å². The molecule has 0 radical (unpaired) electrons. The van der Waals surface area contributed by atoms with Crippen LogP contribution in [0.5, 0.6) is 11.5 Å². The summed E-state index contributed by atoms with van der Waals surface area (Å²) in [6.45, 7) is 3.87. The van der Waals surface area contributed by atoms with Crippen LogP contribution >= 0.6 is 0 Å². The van der Waals surface area contributed by atoms with E-state index in [-0.39, 0.29) is 21.3 Å². The van der Waals surface area contributed by atoms with Crippen molar-refractivity contribution in [3.8, 4) is 11.5 Å². The van der Waals surface area contributed by atoms with Crippen LogP contribution in [0.15, 0.2) is 46.2 Å². The Hall–Kier alpha value is -2.01. The van der Waals surface area contributed by atoms with Crippen LogP contribution in [0.25, 0.3) is 0 Å². The summed E-state index contributed by atoms with van der Waals surface area (Å²) in [5, 5.41) is 19.3. The number of hydrogen-bond donors (Lipinski definition) is 2. The predicted molar refractivity (Wildman–Crippen MR) is 80.4 cm³/mol. The van der Waals surface area contributed by atoms with Crippen molar-refractivity contribution in [3.05, 3.63) is 47.5 Å². The second-order valence-electron chi connectivity index (χ2n) is 4.76. The standard InChI is InChI=1S/C16H18O4S/c1-3-11-6-5-7-15(13(11)4-2)21(19,20)16-10-12(17)8-9-14(16)18/h5-10,17-18H,3-4H2,1-2H3. The second-order valence-corrected chi connectivity index (χ2v) is 6.64. The first-order valence-corrected chi connectivity index (χ1v) is 8.28. The van der Waals surface area contributed by atoms with Gasteiger partial charge in [0.05, 0.1) is 4.90 Å². The van der Waals surface area contributed by atoms with E-state index in [9.17, 15) is 18.6 Å². The molecule has 2 rings (SSSR count). The maximum atomic E-state index is 12.8. The van der Waals surface area contributed by atoms with E-state index in [0.29, 0.717) is 6.42 Å². The van der Waals surface area contributed by atoms with Crippen LogP contribution < -0.4 is 0 Å². The van der Waals surface area contributed by atoms with E-state index in [1.54, 1.807) is 6.07 Å². The molecule has 2 aromatic carbocycles. The van der Waals surface area contributed by atoms with E-state index in [2.05, 4.69) is 0 Å². The van der Waals surface area contributed by atoms with Gasteiger partial charge >= 0.3 is 0 Å². The zero-order chi connectivity index (χ0) is 15.6. The third-order valence-corrected chi connectivity index (χ3v) is 5.35. The minimum atomic E-state index is -3.88. The molecule has 0 aliphatic heterocycles. The predicted octanol–water partition coefficient (Wildman–Crippen LogP) is 3.06. The van der Waals surface area contributed by atoms with Gasteiger partial charge in [-0.25, -0.2) is 8.42 Å². The Morgan fingerprint density at radius 2 is 1.67 bits per heavy atom.